The van der Waals surface area contributed by atoms with Gasteiger partial charge < -0.3 is 20.8 Å². The van der Waals surface area contributed by atoms with Gasteiger partial charge >= 0.3 is 5.97 Å². The Morgan fingerprint density at radius 2 is 1.88 bits per heavy atom. The molecule has 0 bridgehead atoms. The van der Waals surface area contributed by atoms with Crippen LogP contribution in [0.4, 0.5) is 5.69 Å². The van der Waals surface area contributed by atoms with E-state index in [1.54, 1.807) is 6.08 Å². The van der Waals surface area contributed by atoms with Gasteiger partial charge in [0.15, 0.2) is 5.69 Å². The number of carbonyl (C=O) groups is 3. The van der Waals surface area contributed by atoms with E-state index in [4.69, 9.17) is 5.11 Å². The average Bonchev–Trinajstić information content (AvgIpc) is 2.77. The van der Waals surface area contributed by atoms with Gasteiger partial charge in [-0.25, -0.2) is 13.4 Å². The molecular formula is C21H22N4O7S. The van der Waals surface area contributed by atoms with Crippen LogP contribution in [0.5, 0.6) is 5.75 Å². The number of hydrogen-bond acceptors (Lipinski definition) is 7. The zero-order valence-electron chi connectivity index (χ0n) is 17.6. The summed E-state index contributed by atoms with van der Waals surface area (Å²) < 4.78 is 27.1. The van der Waals surface area contributed by atoms with E-state index in [9.17, 15) is 27.9 Å². The fourth-order valence-electron chi connectivity index (χ4n) is 3.24. The smallest absolute Gasteiger partial charge is 0.322 e. The third-order valence-corrected chi connectivity index (χ3v) is 6.72. The predicted octanol–water partition coefficient (Wildman–Crippen LogP) is 1.04. The lowest BCUT2D eigenvalue weighted by Gasteiger charge is -2.26. The van der Waals surface area contributed by atoms with Crippen molar-refractivity contribution in [2.45, 2.75) is 18.2 Å². The molecule has 2 heterocycles. The molecule has 1 aliphatic heterocycles. The first-order valence-corrected chi connectivity index (χ1v) is 11.3. The van der Waals surface area contributed by atoms with Gasteiger partial charge in [-0.1, -0.05) is 6.08 Å². The van der Waals surface area contributed by atoms with E-state index < -0.39 is 34.2 Å². The van der Waals surface area contributed by atoms with Crippen LogP contribution >= 0.6 is 0 Å². The minimum atomic E-state index is -3.74. The summed E-state index contributed by atoms with van der Waals surface area (Å²) in [6.45, 7) is 1.06. The fraction of sp³-hybridized carbons (Fsp3) is 0.238. The lowest BCUT2D eigenvalue weighted by atomic mass is 10.0. The molecule has 0 radical (unpaired) electrons. The third kappa shape index (κ3) is 5.73. The number of benzene rings is 1. The molecule has 0 unspecified atom stereocenters. The first-order valence-electron chi connectivity index (χ1n) is 9.84. The highest BCUT2D eigenvalue weighted by Crippen LogP contribution is 2.28. The number of sulfonamides is 1. The van der Waals surface area contributed by atoms with Gasteiger partial charge in [-0.2, -0.15) is 4.31 Å². The molecule has 174 valence electrons. The number of carboxylic acids is 1. The number of hydrogen-bond donors (Lipinski definition) is 4. The van der Waals surface area contributed by atoms with Crippen LogP contribution in [0, 0.1) is 0 Å². The van der Waals surface area contributed by atoms with E-state index >= 15 is 0 Å². The van der Waals surface area contributed by atoms with Crippen molar-refractivity contribution in [2.24, 2.45) is 0 Å². The highest BCUT2D eigenvalue weighted by atomic mass is 32.2. The van der Waals surface area contributed by atoms with Crippen molar-refractivity contribution in [1.82, 2.24) is 14.6 Å². The van der Waals surface area contributed by atoms with Crippen LogP contribution < -0.4 is 10.6 Å². The van der Waals surface area contributed by atoms with Gasteiger partial charge in [-0.15, -0.1) is 0 Å². The molecule has 11 nitrogen and oxygen atoms in total. The number of rotatable bonds is 7. The summed E-state index contributed by atoms with van der Waals surface area (Å²) in [7, 11) is -3.74. The van der Waals surface area contributed by atoms with Gasteiger partial charge in [0.2, 0.25) is 15.9 Å². The topological polar surface area (TPSA) is 166 Å². The molecule has 1 aromatic carbocycles. The van der Waals surface area contributed by atoms with Gasteiger partial charge in [0, 0.05) is 31.9 Å². The van der Waals surface area contributed by atoms with Crippen molar-refractivity contribution >= 4 is 39.1 Å². The number of carboxylic acid groups (broad SMARTS) is 1. The largest absolute Gasteiger partial charge is 0.505 e. The quantitative estimate of drug-likeness (QED) is 0.462. The first-order chi connectivity index (χ1) is 15.6. The molecular weight excluding hydrogens is 452 g/mol. The zero-order valence-corrected chi connectivity index (χ0v) is 18.4. The van der Waals surface area contributed by atoms with Crippen molar-refractivity contribution in [3.8, 4) is 5.75 Å². The molecule has 12 heteroatoms. The Bertz CT molecular complexity index is 1220. The SMILES string of the molecule is CC(=O)Nc1ccc(S(=O)(=O)N2CC=C(c3cnc(C(=O)NCC(=O)O)c(O)c3)CC2)cc1. The Balaban J connectivity index is 1.71. The maximum atomic E-state index is 12.9. The molecule has 4 N–H and O–H groups in total. The second kappa shape index (κ2) is 9.79. The number of aromatic nitrogens is 1. The van der Waals surface area contributed by atoms with Crippen LogP contribution in [0.1, 0.15) is 29.4 Å². The Morgan fingerprint density at radius 1 is 1.18 bits per heavy atom. The van der Waals surface area contributed by atoms with E-state index in [-0.39, 0.29) is 29.6 Å². The summed E-state index contributed by atoms with van der Waals surface area (Å²) in [6.07, 6.45) is 3.42. The summed E-state index contributed by atoms with van der Waals surface area (Å²) in [5.41, 5.74) is 1.47. The molecule has 0 aliphatic carbocycles. The minimum absolute atomic E-state index is 0.101. The van der Waals surface area contributed by atoms with Crippen molar-refractivity contribution in [3.05, 3.63) is 53.9 Å². The molecule has 33 heavy (non-hydrogen) atoms. The van der Waals surface area contributed by atoms with Crippen molar-refractivity contribution < 1.29 is 33.0 Å². The Labute approximate surface area is 189 Å². The molecule has 0 atom stereocenters. The van der Waals surface area contributed by atoms with E-state index in [2.05, 4.69) is 15.6 Å². The van der Waals surface area contributed by atoms with Gasteiger partial charge in [0.1, 0.15) is 12.3 Å². The minimum Gasteiger partial charge on any atom is -0.505 e. The number of amides is 2. The molecule has 2 amide bonds. The van der Waals surface area contributed by atoms with Crippen molar-refractivity contribution in [1.29, 1.82) is 0 Å². The normalized spacial score (nSPS) is 14.3. The Hall–Kier alpha value is -3.77. The molecule has 3 rings (SSSR count). The molecule has 0 saturated carbocycles. The zero-order chi connectivity index (χ0) is 24.2. The second-order valence-electron chi connectivity index (χ2n) is 7.22. The van der Waals surface area contributed by atoms with Crippen LogP contribution in [0.15, 0.2) is 47.5 Å². The van der Waals surface area contributed by atoms with Gasteiger partial charge in [-0.05, 0) is 47.9 Å². The maximum absolute atomic E-state index is 12.9. The van der Waals surface area contributed by atoms with E-state index in [0.29, 0.717) is 17.7 Å². The van der Waals surface area contributed by atoms with Crippen molar-refractivity contribution in [3.63, 3.8) is 0 Å². The van der Waals surface area contributed by atoms with Crippen LogP contribution in [0.25, 0.3) is 5.57 Å². The third-order valence-electron chi connectivity index (χ3n) is 4.84. The van der Waals surface area contributed by atoms with Gasteiger partial charge in [-0.3, -0.25) is 14.4 Å². The molecule has 1 aromatic heterocycles. The summed E-state index contributed by atoms with van der Waals surface area (Å²) >= 11 is 0. The van der Waals surface area contributed by atoms with Gasteiger partial charge in [0.25, 0.3) is 5.91 Å². The summed E-state index contributed by atoms with van der Waals surface area (Å²) in [5, 5.41) is 23.5. The summed E-state index contributed by atoms with van der Waals surface area (Å²) in [6, 6.07) is 7.22. The highest BCUT2D eigenvalue weighted by molar-refractivity contribution is 7.89. The van der Waals surface area contributed by atoms with Crippen molar-refractivity contribution in [2.75, 3.05) is 25.0 Å². The number of anilines is 1. The first kappa shape index (κ1) is 23.9. The number of nitrogens with one attached hydrogen (secondary N) is 2. The Morgan fingerprint density at radius 3 is 2.42 bits per heavy atom. The molecule has 0 fully saturated rings. The van der Waals surface area contributed by atoms with Crippen LogP contribution in [0.2, 0.25) is 0 Å². The van der Waals surface area contributed by atoms with E-state index in [0.717, 1.165) is 5.57 Å². The van der Waals surface area contributed by atoms with Crippen LogP contribution in [0.3, 0.4) is 0 Å². The predicted molar refractivity (Wildman–Crippen MR) is 118 cm³/mol. The number of carbonyl (C=O) groups excluding carboxylic acids is 2. The maximum Gasteiger partial charge on any atom is 0.322 e. The number of nitrogens with zero attached hydrogens (tertiary/aromatic N) is 2. The molecule has 2 aromatic rings. The van der Waals surface area contributed by atoms with E-state index in [1.165, 1.54) is 47.8 Å². The average molecular weight is 474 g/mol. The van der Waals surface area contributed by atoms with E-state index in [1.807, 2.05) is 0 Å². The van der Waals surface area contributed by atoms with Crippen LogP contribution in [-0.2, 0) is 19.6 Å². The number of aliphatic carboxylic acids is 1. The second-order valence-corrected chi connectivity index (χ2v) is 9.15. The number of aromatic hydroxyl groups is 1. The lowest BCUT2D eigenvalue weighted by molar-refractivity contribution is -0.135. The Kier molecular flexibility index (Phi) is 7.09. The number of pyridine rings is 1. The monoisotopic (exact) mass is 474 g/mol. The summed E-state index contributed by atoms with van der Waals surface area (Å²) in [5.74, 6) is -2.71. The standard InChI is InChI=1S/C21H22N4O7S/c1-13(26)24-16-2-4-17(5-3-16)33(31,32)25-8-6-14(7-9-25)15-10-18(27)20(22-11-15)21(30)23-12-19(28)29/h2-6,10-11,27H,7-9,12H2,1H3,(H,23,30)(H,24,26)(H,28,29). The lowest BCUT2D eigenvalue weighted by Crippen LogP contribution is -2.34. The van der Waals surface area contributed by atoms with Gasteiger partial charge in [0.05, 0.1) is 4.90 Å². The summed E-state index contributed by atoms with van der Waals surface area (Å²) in [4.78, 5) is 37.6. The van der Waals surface area contributed by atoms with Crippen LogP contribution in [-0.4, -0.2) is 65.3 Å². The molecule has 0 saturated heterocycles. The fourth-order valence-corrected chi connectivity index (χ4v) is 4.62. The molecule has 0 spiro atoms. The molecule has 1 aliphatic rings. The highest BCUT2D eigenvalue weighted by Gasteiger charge is 2.27.